The molecule has 4 rings (SSSR count). The van der Waals surface area contributed by atoms with Crippen molar-refractivity contribution in [3.05, 3.63) is 41.3 Å². The lowest BCUT2D eigenvalue weighted by Gasteiger charge is -2.36. The third-order valence-corrected chi connectivity index (χ3v) is 5.52. The van der Waals surface area contributed by atoms with Crippen LogP contribution in [0.5, 0.6) is 0 Å². The maximum atomic E-state index is 15.0. The van der Waals surface area contributed by atoms with Crippen molar-refractivity contribution in [1.29, 1.82) is 0 Å². The summed E-state index contributed by atoms with van der Waals surface area (Å²) in [6.45, 7) is 4.31. The summed E-state index contributed by atoms with van der Waals surface area (Å²) in [5.74, 6) is 0.109. The number of aromatic nitrogens is 2. The van der Waals surface area contributed by atoms with E-state index in [1.54, 1.807) is 18.2 Å². The summed E-state index contributed by atoms with van der Waals surface area (Å²) in [6.07, 6.45) is -0.555. The van der Waals surface area contributed by atoms with Gasteiger partial charge in [-0.25, -0.2) is 9.18 Å². The molecule has 1 aromatic heterocycles. The number of halogens is 2. The molecule has 2 aromatic rings. The second-order valence-electron chi connectivity index (χ2n) is 7.36. The van der Waals surface area contributed by atoms with E-state index in [1.165, 1.54) is 17.9 Å². The Morgan fingerprint density at radius 2 is 1.94 bits per heavy atom. The zero-order chi connectivity index (χ0) is 22.0. The number of anilines is 3. The highest BCUT2D eigenvalue weighted by Crippen LogP contribution is 2.29. The van der Waals surface area contributed by atoms with Gasteiger partial charge in [0.15, 0.2) is 11.0 Å². The van der Waals surface area contributed by atoms with Crippen LogP contribution in [0.25, 0.3) is 0 Å². The van der Waals surface area contributed by atoms with Gasteiger partial charge in [-0.2, -0.15) is 0 Å². The number of benzene rings is 1. The molecule has 31 heavy (non-hydrogen) atoms. The van der Waals surface area contributed by atoms with Crippen molar-refractivity contribution in [2.45, 2.75) is 13.0 Å². The van der Waals surface area contributed by atoms with Gasteiger partial charge in [0.1, 0.15) is 12.4 Å². The number of rotatable bonds is 5. The SMILES string of the molecule is CC(=O)NCC1COC(=O)N1c1ccc(N2CCN(c3ccc(Cl)nn3)CC2)c(F)c1. The first-order valence-corrected chi connectivity index (χ1v) is 10.3. The number of cyclic esters (lactones) is 1. The maximum absolute atomic E-state index is 15.0. The van der Waals surface area contributed by atoms with Gasteiger partial charge in [-0.3, -0.25) is 9.69 Å². The van der Waals surface area contributed by atoms with Crippen molar-refractivity contribution in [3.8, 4) is 0 Å². The van der Waals surface area contributed by atoms with Gasteiger partial charge in [0.2, 0.25) is 5.91 Å². The molecular formula is C20H22ClFN6O3. The first-order chi connectivity index (χ1) is 14.9. The first kappa shape index (κ1) is 21.1. The van der Waals surface area contributed by atoms with Crippen molar-refractivity contribution >= 4 is 40.8 Å². The zero-order valence-electron chi connectivity index (χ0n) is 16.9. The fourth-order valence-corrected chi connectivity index (χ4v) is 3.85. The van der Waals surface area contributed by atoms with Gasteiger partial charge in [0.05, 0.1) is 17.4 Å². The monoisotopic (exact) mass is 448 g/mol. The molecule has 1 N–H and O–H groups in total. The number of amides is 2. The molecule has 9 nitrogen and oxygen atoms in total. The highest BCUT2D eigenvalue weighted by molar-refractivity contribution is 6.29. The molecule has 0 bridgehead atoms. The summed E-state index contributed by atoms with van der Waals surface area (Å²) in [5, 5.41) is 11.0. The lowest BCUT2D eigenvalue weighted by molar-refractivity contribution is -0.119. The van der Waals surface area contributed by atoms with Crippen LogP contribution >= 0.6 is 11.6 Å². The van der Waals surface area contributed by atoms with E-state index in [9.17, 15) is 14.0 Å². The van der Waals surface area contributed by atoms with Crippen LogP contribution in [0.4, 0.5) is 26.4 Å². The number of carbonyl (C=O) groups excluding carboxylic acids is 2. The van der Waals surface area contributed by atoms with Gasteiger partial charge in [-0.15, -0.1) is 10.2 Å². The van der Waals surface area contributed by atoms with Gasteiger partial charge in [-0.1, -0.05) is 11.6 Å². The highest BCUT2D eigenvalue weighted by Gasteiger charge is 2.35. The lowest BCUT2D eigenvalue weighted by atomic mass is 10.2. The number of hydrogen-bond donors (Lipinski definition) is 1. The normalized spacial score (nSPS) is 18.9. The molecule has 0 radical (unpaired) electrons. The van der Waals surface area contributed by atoms with Crippen molar-refractivity contribution < 1.29 is 18.7 Å². The summed E-state index contributed by atoms with van der Waals surface area (Å²) in [7, 11) is 0. The summed E-state index contributed by atoms with van der Waals surface area (Å²) >= 11 is 5.79. The number of nitrogens with zero attached hydrogens (tertiary/aromatic N) is 5. The van der Waals surface area contributed by atoms with Crippen LogP contribution in [0, 0.1) is 5.82 Å². The van der Waals surface area contributed by atoms with E-state index in [0.29, 0.717) is 42.7 Å². The second kappa shape index (κ2) is 8.93. The predicted molar refractivity (Wildman–Crippen MR) is 114 cm³/mol. The third kappa shape index (κ3) is 4.63. The van der Waals surface area contributed by atoms with E-state index >= 15 is 0 Å². The van der Waals surface area contributed by atoms with Crippen LogP contribution in [0.3, 0.4) is 0 Å². The second-order valence-corrected chi connectivity index (χ2v) is 7.75. The molecule has 3 heterocycles. The lowest BCUT2D eigenvalue weighted by Crippen LogP contribution is -2.47. The Labute approximate surface area is 183 Å². The molecule has 0 saturated carbocycles. The molecule has 2 amide bonds. The van der Waals surface area contributed by atoms with Gasteiger partial charge in [0, 0.05) is 39.6 Å². The van der Waals surface area contributed by atoms with E-state index in [4.69, 9.17) is 16.3 Å². The summed E-state index contributed by atoms with van der Waals surface area (Å²) in [6, 6.07) is 7.82. The van der Waals surface area contributed by atoms with Gasteiger partial charge < -0.3 is 19.9 Å². The standard InChI is InChI=1S/C20H22ClFN6O3/c1-13(29)23-11-15-12-31-20(30)28(15)14-2-3-17(16(22)10-14)26-6-8-27(9-7-26)19-5-4-18(21)24-25-19/h2-5,10,15H,6-9,11-12H2,1H3,(H,23,29). The molecule has 2 aliphatic heterocycles. The predicted octanol–water partition coefficient (Wildman–Crippen LogP) is 2.06. The molecule has 11 heteroatoms. The number of carbonyl (C=O) groups is 2. The molecule has 2 fully saturated rings. The van der Waals surface area contributed by atoms with E-state index in [1.807, 2.05) is 11.0 Å². The summed E-state index contributed by atoms with van der Waals surface area (Å²) < 4.78 is 20.1. The maximum Gasteiger partial charge on any atom is 0.414 e. The average molecular weight is 449 g/mol. The molecule has 164 valence electrons. The van der Waals surface area contributed by atoms with E-state index in [0.717, 1.165) is 5.82 Å². The van der Waals surface area contributed by atoms with E-state index in [2.05, 4.69) is 20.4 Å². The Kier molecular flexibility index (Phi) is 6.08. The number of ether oxygens (including phenoxy) is 1. The van der Waals surface area contributed by atoms with Crippen molar-refractivity contribution in [2.75, 3.05) is 54.0 Å². The van der Waals surface area contributed by atoms with E-state index in [-0.39, 0.29) is 25.1 Å². The molecule has 1 unspecified atom stereocenters. The molecule has 2 saturated heterocycles. The minimum atomic E-state index is -0.555. The van der Waals surface area contributed by atoms with E-state index < -0.39 is 11.9 Å². The molecule has 1 atom stereocenters. The Balaban J connectivity index is 1.43. The van der Waals surface area contributed by atoms with Crippen molar-refractivity contribution in [2.24, 2.45) is 0 Å². The largest absolute Gasteiger partial charge is 0.447 e. The Morgan fingerprint density at radius 3 is 2.58 bits per heavy atom. The first-order valence-electron chi connectivity index (χ1n) is 9.91. The fraction of sp³-hybridized carbons (Fsp3) is 0.400. The van der Waals surface area contributed by atoms with Crippen LogP contribution in [-0.4, -0.2) is 67.6 Å². The van der Waals surface area contributed by atoms with Crippen LogP contribution < -0.4 is 20.0 Å². The fourth-order valence-electron chi connectivity index (χ4n) is 3.74. The smallest absolute Gasteiger partial charge is 0.414 e. The van der Waals surface area contributed by atoms with Gasteiger partial charge in [0.25, 0.3) is 0 Å². The molecular weight excluding hydrogens is 427 g/mol. The molecule has 0 aliphatic carbocycles. The van der Waals surface area contributed by atoms with Crippen LogP contribution in [0.2, 0.25) is 5.15 Å². The minimum Gasteiger partial charge on any atom is -0.447 e. The number of hydrogen-bond acceptors (Lipinski definition) is 7. The Morgan fingerprint density at radius 1 is 1.19 bits per heavy atom. The highest BCUT2D eigenvalue weighted by atomic mass is 35.5. The topological polar surface area (TPSA) is 90.9 Å². The Bertz CT molecular complexity index is 968. The van der Waals surface area contributed by atoms with Crippen molar-refractivity contribution in [1.82, 2.24) is 15.5 Å². The molecule has 1 aromatic carbocycles. The number of piperazine rings is 1. The zero-order valence-corrected chi connectivity index (χ0v) is 17.7. The van der Waals surface area contributed by atoms with Crippen LogP contribution in [0.15, 0.2) is 30.3 Å². The summed E-state index contributed by atoms with van der Waals surface area (Å²) in [4.78, 5) is 28.7. The molecule has 2 aliphatic rings. The molecule has 0 spiro atoms. The van der Waals surface area contributed by atoms with Gasteiger partial charge >= 0.3 is 6.09 Å². The van der Waals surface area contributed by atoms with Crippen LogP contribution in [-0.2, 0) is 9.53 Å². The van der Waals surface area contributed by atoms with Crippen molar-refractivity contribution in [3.63, 3.8) is 0 Å². The average Bonchev–Trinajstić information content (AvgIpc) is 3.13. The Hall–Kier alpha value is -3.14. The minimum absolute atomic E-state index is 0.137. The van der Waals surface area contributed by atoms with Gasteiger partial charge in [-0.05, 0) is 30.3 Å². The number of nitrogens with one attached hydrogen (secondary N) is 1. The van der Waals surface area contributed by atoms with Crippen LogP contribution in [0.1, 0.15) is 6.92 Å². The third-order valence-electron chi connectivity index (χ3n) is 5.32. The quantitative estimate of drug-likeness (QED) is 0.748. The summed E-state index contributed by atoms with van der Waals surface area (Å²) in [5.41, 5.74) is 0.866.